The highest BCUT2D eigenvalue weighted by Crippen LogP contribution is 2.24. The van der Waals surface area contributed by atoms with Gasteiger partial charge in [0.1, 0.15) is 0 Å². The number of benzene rings is 1. The second-order valence-corrected chi connectivity index (χ2v) is 5.56. The van der Waals surface area contributed by atoms with Crippen LogP contribution in [0.5, 0.6) is 0 Å². The van der Waals surface area contributed by atoms with Crippen LogP contribution in [-0.4, -0.2) is 8.42 Å². The van der Waals surface area contributed by atoms with Gasteiger partial charge in [-0.3, -0.25) is 0 Å². The molecule has 3 nitrogen and oxygen atoms in total. The minimum Gasteiger partial charge on any atom is -0.225 e. The molecule has 0 fully saturated rings. The molecule has 0 saturated heterocycles. The van der Waals surface area contributed by atoms with Crippen molar-refractivity contribution in [1.82, 2.24) is 0 Å². The van der Waals surface area contributed by atoms with Crippen molar-refractivity contribution in [2.45, 2.75) is 4.90 Å². The molecule has 66 valence electrons. The maximum absolute atomic E-state index is 11.0. The molecule has 0 saturated carbocycles. The minimum atomic E-state index is -3.59. The first kappa shape index (κ1) is 10.4. The van der Waals surface area contributed by atoms with Gasteiger partial charge in [0.05, 0.1) is 4.90 Å². The van der Waals surface area contributed by atoms with Crippen LogP contribution in [0, 0.1) is 3.57 Å². The van der Waals surface area contributed by atoms with Gasteiger partial charge in [0.15, 0.2) is 0 Å². The van der Waals surface area contributed by atoms with E-state index in [1.165, 1.54) is 6.07 Å². The summed E-state index contributed by atoms with van der Waals surface area (Å²) in [5.41, 5.74) is 0. The van der Waals surface area contributed by atoms with E-state index in [2.05, 4.69) is 15.9 Å². The monoisotopic (exact) mass is 361 g/mol. The molecule has 12 heavy (non-hydrogen) atoms. The standard InChI is InChI=1S/C6H5BrINO2S/c7-4-2-1-3-5(6(4)8)12(9,10)11/h1-3H,(H2,9,10,11). The molecule has 0 aliphatic rings. The predicted octanol–water partition coefficient (Wildman–Crippen LogP) is 1.70. The van der Waals surface area contributed by atoms with Crippen molar-refractivity contribution in [1.29, 1.82) is 0 Å². The topological polar surface area (TPSA) is 60.2 Å². The second kappa shape index (κ2) is 3.60. The van der Waals surface area contributed by atoms with Crippen molar-refractivity contribution in [2.75, 3.05) is 0 Å². The molecule has 2 N–H and O–H groups in total. The molecule has 0 aromatic heterocycles. The molecule has 0 unspecified atom stereocenters. The zero-order valence-corrected chi connectivity index (χ0v) is 10.4. The zero-order chi connectivity index (χ0) is 9.35. The Labute approximate surface area is 92.7 Å². The third-order valence-electron chi connectivity index (χ3n) is 1.22. The van der Waals surface area contributed by atoms with E-state index in [4.69, 9.17) is 5.14 Å². The van der Waals surface area contributed by atoms with Crippen molar-refractivity contribution >= 4 is 48.5 Å². The molecule has 0 aliphatic heterocycles. The average molecular weight is 362 g/mol. The third kappa shape index (κ3) is 2.18. The summed E-state index contributed by atoms with van der Waals surface area (Å²) in [7, 11) is -3.59. The van der Waals surface area contributed by atoms with Gasteiger partial charge in [0, 0.05) is 8.04 Å². The van der Waals surface area contributed by atoms with Crippen LogP contribution in [0.2, 0.25) is 0 Å². The molecule has 1 aromatic rings. The van der Waals surface area contributed by atoms with E-state index < -0.39 is 10.0 Å². The minimum absolute atomic E-state index is 0.150. The lowest BCUT2D eigenvalue weighted by Gasteiger charge is -2.02. The summed E-state index contributed by atoms with van der Waals surface area (Å²) >= 11 is 5.14. The second-order valence-electron chi connectivity index (χ2n) is 2.10. The van der Waals surface area contributed by atoms with Crippen LogP contribution in [0.15, 0.2) is 27.6 Å². The quantitative estimate of drug-likeness (QED) is 0.774. The number of hydrogen-bond donors (Lipinski definition) is 1. The lowest BCUT2D eigenvalue weighted by Crippen LogP contribution is -2.13. The highest BCUT2D eigenvalue weighted by atomic mass is 127. The van der Waals surface area contributed by atoms with E-state index in [1.54, 1.807) is 12.1 Å². The molecule has 0 spiro atoms. The fourth-order valence-electron chi connectivity index (χ4n) is 0.704. The Balaban J connectivity index is 3.47. The number of halogens is 2. The Hall–Kier alpha value is 0.340. The molecule has 1 aromatic carbocycles. The Morgan fingerprint density at radius 3 is 2.42 bits per heavy atom. The van der Waals surface area contributed by atoms with Gasteiger partial charge in [-0.05, 0) is 50.7 Å². The lowest BCUT2D eigenvalue weighted by molar-refractivity contribution is 0.597. The molecule has 0 bridgehead atoms. The maximum atomic E-state index is 11.0. The van der Waals surface area contributed by atoms with E-state index >= 15 is 0 Å². The molecule has 0 amide bonds. The van der Waals surface area contributed by atoms with Crippen molar-refractivity contribution in [2.24, 2.45) is 5.14 Å². The summed E-state index contributed by atoms with van der Waals surface area (Å²) in [5, 5.41) is 4.97. The van der Waals surface area contributed by atoms with Crippen LogP contribution in [0.1, 0.15) is 0 Å². The Morgan fingerprint density at radius 1 is 1.42 bits per heavy atom. The molecule has 6 heteroatoms. The van der Waals surface area contributed by atoms with Gasteiger partial charge in [-0.25, -0.2) is 13.6 Å². The van der Waals surface area contributed by atoms with Crippen molar-refractivity contribution in [3.05, 3.63) is 26.2 Å². The first-order valence-corrected chi connectivity index (χ1v) is 6.31. The fraction of sp³-hybridized carbons (Fsp3) is 0. The summed E-state index contributed by atoms with van der Waals surface area (Å²) in [4.78, 5) is 0.150. The summed E-state index contributed by atoms with van der Waals surface area (Å²) in [6, 6.07) is 4.87. The first-order valence-electron chi connectivity index (χ1n) is 2.90. The van der Waals surface area contributed by atoms with Crippen LogP contribution in [-0.2, 0) is 10.0 Å². The molecular weight excluding hydrogens is 357 g/mol. The van der Waals surface area contributed by atoms with Crippen LogP contribution < -0.4 is 5.14 Å². The number of primary sulfonamides is 1. The highest BCUT2D eigenvalue weighted by molar-refractivity contribution is 14.1. The maximum Gasteiger partial charge on any atom is 0.239 e. The summed E-state index contributed by atoms with van der Waals surface area (Å²) in [6.45, 7) is 0. The first-order chi connectivity index (χ1) is 5.43. The largest absolute Gasteiger partial charge is 0.239 e. The van der Waals surface area contributed by atoms with E-state index in [0.29, 0.717) is 3.57 Å². The molecule has 0 heterocycles. The normalized spacial score (nSPS) is 11.6. The van der Waals surface area contributed by atoms with Crippen molar-refractivity contribution in [3.63, 3.8) is 0 Å². The van der Waals surface area contributed by atoms with E-state index in [0.717, 1.165) is 4.47 Å². The van der Waals surface area contributed by atoms with E-state index in [-0.39, 0.29) is 4.90 Å². The van der Waals surface area contributed by atoms with Crippen LogP contribution >= 0.6 is 38.5 Å². The SMILES string of the molecule is NS(=O)(=O)c1cccc(Br)c1I. The smallest absolute Gasteiger partial charge is 0.225 e. The number of sulfonamides is 1. The molecular formula is C6H5BrINO2S. The summed E-state index contributed by atoms with van der Waals surface area (Å²) < 4.78 is 23.3. The van der Waals surface area contributed by atoms with Crippen LogP contribution in [0.25, 0.3) is 0 Å². The lowest BCUT2D eigenvalue weighted by atomic mass is 10.4. The number of nitrogens with two attached hydrogens (primary N) is 1. The van der Waals surface area contributed by atoms with E-state index in [1.807, 2.05) is 22.6 Å². The van der Waals surface area contributed by atoms with Gasteiger partial charge in [-0.15, -0.1) is 0 Å². The Kier molecular flexibility index (Phi) is 3.13. The Bertz CT molecular complexity index is 404. The van der Waals surface area contributed by atoms with Crippen molar-refractivity contribution in [3.8, 4) is 0 Å². The summed E-state index contributed by atoms with van der Waals surface area (Å²) in [5.74, 6) is 0. The van der Waals surface area contributed by atoms with E-state index in [9.17, 15) is 8.42 Å². The van der Waals surface area contributed by atoms with Crippen LogP contribution in [0.3, 0.4) is 0 Å². The van der Waals surface area contributed by atoms with Gasteiger partial charge >= 0.3 is 0 Å². The number of hydrogen-bond acceptors (Lipinski definition) is 2. The predicted molar refractivity (Wildman–Crippen MR) is 58.2 cm³/mol. The molecule has 0 radical (unpaired) electrons. The van der Waals surface area contributed by atoms with Crippen molar-refractivity contribution < 1.29 is 8.42 Å². The van der Waals surface area contributed by atoms with Gasteiger partial charge < -0.3 is 0 Å². The third-order valence-corrected chi connectivity index (χ3v) is 5.11. The fourth-order valence-corrected chi connectivity index (χ4v) is 3.11. The Morgan fingerprint density at radius 2 is 2.00 bits per heavy atom. The summed E-state index contributed by atoms with van der Waals surface area (Å²) in [6.07, 6.45) is 0. The number of rotatable bonds is 1. The molecule has 0 atom stereocenters. The molecule has 0 aliphatic carbocycles. The van der Waals surface area contributed by atoms with Gasteiger partial charge in [0.2, 0.25) is 10.0 Å². The molecule has 1 rings (SSSR count). The van der Waals surface area contributed by atoms with Gasteiger partial charge in [-0.2, -0.15) is 0 Å². The van der Waals surface area contributed by atoms with Gasteiger partial charge in [0.25, 0.3) is 0 Å². The zero-order valence-electron chi connectivity index (χ0n) is 5.79. The van der Waals surface area contributed by atoms with Crippen LogP contribution in [0.4, 0.5) is 0 Å². The highest BCUT2D eigenvalue weighted by Gasteiger charge is 2.13. The van der Waals surface area contributed by atoms with Gasteiger partial charge in [-0.1, -0.05) is 6.07 Å². The average Bonchev–Trinajstić information content (AvgIpc) is 1.92.